The van der Waals surface area contributed by atoms with E-state index in [1.54, 1.807) is 68.7 Å². The summed E-state index contributed by atoms with van der Waals surface area (Å²) in [6, 6.07) is 24.0. The molecule has 0 aliphatic carbocycles. The Morgan fingerprint density at radius 1 is 0.742 bits per heavy atom. The number of hydrogen-bond acceptors (Lipinski definition) is 14. The molecule has 9 rings (SSSR count). The topological polar surface area (TPSA) is 236 Å². The first-order valence-corrected chi connectivity index (χ1v) is 22.2. The van der Waals surface area contributed by atoms with E-state index in [2.05, 4.69) is 49.6 Å². The molecule has 2 N–H and O–H groups in total. The number of carbonyl (C=O) groups excluding carboxylic acids is 2. The Balaban J connectivity index is 0.000000212. The van der Waals surface area contributed by atoms with Crippen LogP contribution in [0.4, 0.5) is 17.1 Å². The van der Waals surface area contributed by atoms with Crippen LogP contribution in [0.25, 0.3) is 38.5 Å². The molecule has 4 aromatic heterocycles. The first-order valence-electron chi connectivity index (χ1n) is 18.5. The maximum atomic E-state index is 13.2. The summed E-state index contributed by atoms with van der Waals surface area (Å²) < 4.78 is 70.4. The van der Waals surface area contributed by atoms with E-state index >= 15 is 0 Å². The summed E-state index contributed by atoms with van der Waals surface area (Å²) >= 11 is 12.3. The highest BCUT2D eigenvalue weighted by molar-refractivity contribution is 7.93. The molecule has 0 atom stereocenters. The summed E-state index contributed by atoms with van der Waals surface area (Å²) in [6.45, 7) is 10.8. The number of halogens is 2. The van der Waals surface area contributed by atoms with Gasteiger partial charge in [-0.05, 0) is 98.8 Å². The van der Waals surface area contributed by atoms with Crippen LogP contribution >= 0.6 is 23.2 Å². The van der Waals surface area contributed by atoms with Crippen LogP contribution in [-0.2, 0) is 35.1 Å². The van der Waals surface area contributed by atoms with E-state index in [-0.39, 0.29) is 52.8 Å². The number of nitrogens with zero attached hydrogens (tertiary/aromatic N) is 9. The highest BCUT2D eigenvalue weighted by Crippen LogP contribution is 2.38. The summed E-state index contributed by atoms with van der Waals surface area (Å²) in [5.74, 6) is -1.30. The number of ether oxygens (including phenoxy) is 2. The van der Waals surface area contributed by atoms with E-state index in [9.17, 15) is 26.4 Å². The minimum Gasteiger partial charge on any atom is -0.466 e. The van der Waals surface area contributed by atoms with Gasteiger partial charge in [0.25, 0.3) is 20.0 Å². The van der Waals surface area contributed by atoms with Gasteiger partial charge < -0.3 is 9.47 Å². The van der Waals surface area contributed by atoms with Crippen LogP contribution in [0, 0.1) is 6.57 Å². The lowest BCUT2D eigenvalue weighted by Gasteiger charge is -2.17. The van der Waals surface area contributed by atoms with Gasteiger partial charge in [-0.25, -0.2) is 50.6 Å². The highest BCUT2D eigenvalue weighted by atomic mass is 35.5. The molecule has 338 valence electrons. The first kappa shape index (κ1) is 48.0. The summed E-state index contributed by atoms with van der Waals surface area (Å²) in [4.78, 5) is 35.2. The Hall–Kier alpha value is -7.51. The number of benzene rings is 4. The summed E-state index contributed by atoms with van der Waals surface area (Å²) in [6.07, 6.45) is 3.15. The van der Waals surface area contributed by atoms with Crippen molar-refractivity contribution in [3.8, 4) is 11.4 Å². The van der Waals surface area contributed by atoms with Crippen LogP contribution in [0.3, 0.4) is 0 Å². The van der Waals surface area contributed by atoms with Crippen molar-refractivity contribution in [2.75, 3.05) is 16.6 Å². The Kier molecular flexibility index (Phi) is 13.5. The van der Waals surface area contributed by atoms with Crippen LogP contribution in [0.15, 0.2) is 119 Å². The fraction of sp³-hybridized carbons (Fsp3) is 0.140. The predicted octanol–water partition coefficient (Wildman–Crippen LogP) is 8.55. The molecule has 66 heavy (non-hydrogen) atoms. The number of anilines is 2. The molecular weight excluding hydrogens is 934 g/mol. The second-order valence-corrected chi connectivity index (χ2v) is 18.4. The number of cyclic esters (lactones) is 1. The van der Waals surface area contributed by atoms with E-state index in [0.717, 1.165) is 6.07 Å². The summed E-state index contributed by atoms with van der Waals surface area (Å²) in [7, 11) is -7.02. The van der Waals surface area contributed by atoms with Gasteiger partial charge in [-0.15, -0.1) is 10.2 Å². The molecule has 1 aliphatic heterocycles. The lowest BCUT2D eigenvalue weighted by Crippen LogP contribution is -2.17. The molecule has 0 saturated carbocycles. The largest absolute Gasteiger partial charge is 0.466 e. The second-order valence-electron chi connectivity index (χ2n) is 14.1. The fourth-order valence-corrected chi connectivity index (χ4v) is 9.13. The van der Waals surface area contributed by atoms with Crippen molar-refractivity contribution >= 4 is 94.6 Å². The number of pyridine rings is 2. The monoisotopic (exact) mass is 969 g/mol. The van der Waals surface area contributed by atoms with Crippen molar-refractivity contribution in [2.45, 2.75) is 44.1 Å². The number of sulfonamides is 2. The molecule has 23 heteroatoms. The number of rotatable bonds is 9. The third kappa shape index (κ3) is 9.20. The average Bonchev–Trinajstić information content (AvgIpc) is 3.97. The van der Waals surface area contributed by atoms with Gasteiger partial charge in [0, 0.05) is 28.0 Å². The molecule has 0 saturated heterocycles. The number of aromatic nitrogens is 8. The quantitative estimate of drug-likeness (QED) is 0.102. The third-order valence-corrected chi connectivity index (χ3v) is 12.8. The highest BCUT2D eigenvalue weighted by Gasteiger charge is 2.38. The average molecular weight is 971 g/mol. The van der Waals surface area contributed by atoms with Crippen LogP contribution in [0.5, 0.6) is 0 Å². The van der Waals surface area contributed by atoms with Crippen molar-refractivity contribution in [3.63, 3.8) is 0 Å². The maximum absolute atomic E-state index is 13.2. The number of fused-ring (bicyclic) bond motifs is 3. The molecule has 0 spiro atoms. The fourth-order valence-electron chi connectivity index (χ4n) is 6.61. The van der Waals surface area contributed by atoms with Crippen LogP contribution in [-0.4, -0.2) is 75.8 Å². The maximum Gasteiger partial charge on any atom is 0.339 e. The summed E-state index contributed by atoms with van der Waals surface area (Å²) in [5.41, 5.74) is 2.88. The Labute approximate surface area is 388 Å². The van der Waals surface area contributed by atoms with Crippen LogP contribution in [0.1, 0.15) is 55.0 Å². The molecule has 0 amide bonds. The number of esters is 2. The number of nitrogens with one attached hydrogen (secondary N) is 2. The molecule has 0 fully saturated rings. The smallest absolute Gasteiger partial charge is 0.339 e. The van der Waals surface area contributed by atoms with E-state index in [1.807, 2.05) is 0 Å². The van der Waals surface area contributed by atoms with Crippen molar-refractivity contribution in [3.05, 3.63) is 148 Å². The van der Waals surface area contributed by atoms with Gasteiger partial charge in [0.15, 0.2) is 0 Å². The standard InChI is InChI=1S/C21H16ClN5O4S.C20H13ClN6O4S.2CH4/c1-21(2)15-7-6-13(11-14(15)20(28)31-21)32(29,30)25-16-8-5-12(22)10-18(16)27-17-4-3-9-23-19(17)24-26-27;1-22-16-11-13(6-7-14(16)20(28)31-2)32(29,30)25-15-8-5-12(21)10-18(15)27-17-4-3-9-23-19(17)24-26-27;;/h3-11,25H,1-2H3;3-11,25H,2H3;2*1H4. The predicted molar refractivity (Wildman–Crippen MR) is 247 cm³/mol. The lowest BCUT2D eigenvalue weighted by molar-refractivity contribution is 0.00951. The van der Waals surface area contributed by atoms with Crippen LogP contribution < -0.4 is 9.44 Å². The molecule has 1 aliphatic rings. The minimum atomic E-state index is -4.14. The van der Waals surface area contributed by atoms with Gasteiger partial charge in [-0.2, -0.15) is 0 Å². The van der Waals surface area contributed by atoms with Crippen molar-refractivity contribution < 1.29 is 35.9 Å². The number of hydrogen-bond donors (Lipinski definition) is 2. The van der Waals surface area contributed by atoms with E-state index < -0.39 is 37.6 Å². The third-order valence-electron chi connectivity index (χ3n) is 9.63. The number of methoxy groups -OCH3 is 1. The van der Waals surface area contributed by atoms with Crippen molar-refractivity contribution in [1.29, 1.82) is 0 Å². The Morgan fingerprint density at radius 3 is 1.74 bits per heavy atom. The van der Waals surface area contributed by atoms with Gasteiger partial charge in [0.05, 0.1) is 57.3 Å². The minimum absolute atomic E-state index is 0. The SMILES string of the molecule is C.C.CC1(C)OC(=O)c2cc(S(=O)(=O)Nc3ccc(Cl)cc3-n3nnc4ncccc43)ccc21.[C-]#[N+]c1cc(S(=O)(=O)Nc2ccc(Cl)cc2-n2nnc3ncccc32)ccc1C(=O)OC. The molecular formula is C43H37Cl2N11O8S2. The van der Waals surface area contributed by atoms with Crippen molar-refractivity contribution in [1.82, 2.24) is 40.0 Å². The molecule has 4 aromatic carbocycles. The molecule has 0 radical (unpaired) electrons. The van der Waals surface area contributed by atoms with Gasteiger partial charge in [-0.3, -0.25) is 9.44 Å². The Morgan fingerprint density at radius 2 is 1.24 bits per heavy atom. The summed E-state index contributed by atoms with van der Waals surface area (Å²) in [5, 5.41) is 16.9. The molecule has 0 bridgehead atoms. The molecule has 5 heterocycles. The molecule has 0 unspecified atom stereocenters. The zero-order chi connectivity index (χ0) is 45.6. The van der Waals surface area contributed by atoms with Crippen LogP contribution in [0.2, 0.25) is 10.0 Å². The molecule has 19 nitrogen and oxygen atoms in total. The Bertz CT molecular complexity index is 3480. The van der Waals surface area contributed by atoms with Crippen molar-refractivity contribution in [2.24, 2.45) is 0 Å². The van der Waals surface area contributed by atoms with E-state index in [0.29, 0.717) is 49.3 Å². The van der Waals surface area contributed by atoms with Gasteiger partial charge in [-0.1, -0.05) is 60.6 Å². The van der Waals surface area contributed by atoms with Gasteiger partial charge >= 0.3 is 11.9 Å². The van der Waals surface area contributed by atoms with E-state index in [1.165, 1.54) is 65.0 Å². The number of carbonyl (C=O) groups is 2. The zero-order valence-electron chi connectivity index (χ0n) is 33.3. The normalized spacial score (nSPS) is 12.6. The second kappa shape index (κ2) is 18.5. The van der Waals surface area contributed by atoms with Gasteiger partial charge in [0.2, 0.25) is 17.0 Å². The zero-order valence-corrected chi connectivity index (χ0v) is 36.4. The first-order chi connectivity index (χ1) is 30.5. The molecule has 8 aromatic rings. The van der Waals surface area contributed by atoms with Gasteiger partial charge in [0.1, 0.15) is 16.6 Å². The van der Waals surface area contributed by atoms with E-state index in [4.69, 9.17) is 34.5 Å². The lowest BCUT2D eigenvalue weighted by atomic mass is 9.96.